The number of amides is 1. The van der Waals surface area contributed by atoms with E-state index in [1.807, 2.05) is 18.4 Å². The fourth-order valence-electron chi connectivity index (χ4n) is 3.30. The standard InChI is InChI=1S/C16H26ClN3O/c1-11(2)20-9-13(17)8-14(20)15(21)19-16(10-18)7-5-4-6-12(16)3/h8-9,11-12H,4-7,10,18H2,1-3H3,(H,19,21). The van der Waals surface area contributed by atoms with E-state index in [1.165, 1.54) is 6.42 Å². The van der Waals surface area contributed by atoms with Crippen LogP contribution >= 0.6 is 11.6 Å². The number of nitrogens with one attached hydrogen (secondary N) is 1. The van der Waals surface area contributed by atoms with Crippen LogP contribution < -0.4 is 11.1 Å². The molecule has 3 N–H and O–H groups in total. The first-order valence-electron chi connectivity index (χ1n) is 7.79. The molecule has 5 heteroatoms. The summed E-state index contributed by atoms with van der Waals surface area (Å²) in [5.41, 5.74) is 6.34. The molecule has 0 aliphatic heterocycles. The van der Waals surface area contributed by atoms with Gasteiger partial charge in [0.1, 0.15) is 5.69 Å². The van der Waals surface area contributed by atoms with Gasteiger partial charge in [-0.05, 0) is 38.7 Å². The lowest BCUT2D eigenvalue weighted by Crippen LogP contribution is -2.59. The zero-order valence-corrected chi connectivity index (χ0v) is 13.9. The van der Waals surface area contributed by atoms with Crippen LogP contribution in [0.3, 0.4) is 0 Å². The maximum absolute atomic E-state index is 12.7. The molecule has 2 atom stereocenters. The van der Waals surface area contributed by atoms with Crippen molar-refractivity contribution in [2.24, 2.45) is 11.7 Å². The third-order valence-electron chi connectivity index (χ3n) is 4.78. The summed E-state index contributed by atoms with van der Waals surface area (Å²) in [5, 5.41) is 3.80. The Hall–Kier alpha value is -1.00. The zero-order chi connectivity index (χ0) is 15.6. The molecule has 118 valence electrons. The lowest BCUT2D eigenvalue weighted by Gasteiger charge is -2.42. The van der Waals surface area contributed by atoms with Crippen molar-refractivity contribution < 1.29 is 4.79 Å². The lowest BCUT2D eigenvalue weighted by molar-refractivity contribution is 0.0802. The first kappa shape index (κ1) is 16.4. The van der Waals surface area contributed by atoms with Crippen molar-refractivity contribution >= 4 is 17.5 Å². The molecule has 4 nitrogen and oxygen atoms in total. The molecule has 1 heterocycles. The summed E-state index contributed by atoms with van der Waals surface area (Å²) in [5.74, 6) is 0.327. The molecule has 1 saturated carbocycles. The van der Waals surface area contributed by atoms with Gasteiger partial charge in [0.25, 0.3) is 5.91 Å². The summed E-state index contributed by atoms with van der Waals surface area (Å²) in [6.45, 7) is 6.74. The number of carbonyl (C=O) groups excluding carboxylic acids is 1. The minimum atomic E-state index is -0.284. The van der Waals surface area contributed by atoms with Crippen molar-refractivity contribution in [2.45, 2.75) is 58.0 Å². The maximum Gasteiger partial charge on any atom is 0.268 e. The van der Waals surface area contributed by atoms with Crippen molar-refractivity contribution in [3.63, 3.8) is 0 Å². The highest BCUT2D eigenvalue weighted by atomic mass is 35.5. The Bertz CT molecular complexity index is 512. The number of nitrogens with two attached hydrogens (primary N) is 1. The predicted molar refractivity (Wildman–Crippen MR) is 86.7 cm³/mol. The molecule has 0 spiro atoms. The van der Waals surface area contributed by atoms with Gasteiger partial charge >= 0.3 is 0 Å². The highest BCUT2D eigenvalue weighted by Gasteiger charge is 2.38. The summed E-state index contributed by atoms with van der Waals surface area (Å²) in [6.07, 6.45) is 6.21. The molecule has 0 aromatic carbocycles. The molecule has 1 aliphatic rings. The maximum atomic E-state index is 12.7. The van der Waals surface area contributed by atoms with E-state index in [0.717, 1.165) is 19.3 Å². The summed E-state index contributed by atoms with van der Waals surface area (Å²) < 4.78 is 1.91. The van der Waals surface area contributed by atoms with Gasteiger partial charge < -0.3 is 15.6 Å². The van der Waals surface area contributed by atoms with Crippen molar-refractivity contribution in [1.29, 1.82) is 0 Å². The van der Waals surface area contributed by atoms with Crippen LogP contribution in [0.4, 0.5) is 0 Å². The second kappa shape index (κ2) is 6.41. The predicted octanol–water partition coefficient (Wildman–Crippen LogP) is 3.36. The Morgan fingerprint density at radius 2 is 2.29 bits per heavy atom. The first-order valence-corrected chi connectivity index (χ1v) is 8.17. The van der Waals surface area contributed by atoms with E-state index in [4.69, 9.17) is 17.3 Å². The summed E-state index contributed by atoms with van der Waals surface area (Å²) >= 11 is 6.07. The molecular formula is C16H26ClN3O. The van der Waals surface area contributed by atoms with Crippen LogP contribution in [0.15, 0.2) is 12.3 Å². The highest BCUT2D eigenvalue weighted by molar-refractivity contribution is 6.31. The summed E-state index contributed by atoms with van der Waals surface area (Å²) in [6, 6.07) is 1.92. The Kier molecular flexibility index (Phi) is 4.99. The normalized spacial score (nSPS) is 26.1. The van der Waals surface area contributed by atoms with Crippen LogP contribution in [0.2, 0.25) is 5.02 Å². The number of nitrogens with zero attached hydrogens (tertiary/aromatic N) is 1. The van der Waals surface area contributed by atoms with E-state index in [2.05, 4.69) is 12.2 Å². The third kappa shape index (κ3) is 3.27. The Morgan fingerprint density at radius 3 is 2.86 bits per heavy atom. The topological polar surface area (TPSA) is 60.0 Å². The minimum absolute atomic E-state index is 0.0743. The third-order valence-corrected chi connectivity index (χ3v) is 4.99. The molecular weight excluding hydrogens is 286 g/mol. The Balaban J connectivity index is 2.24. The second-order valence-corrected chi connectivity index (χ2v) is 6.94. The van der Waals surface area contributed by atoms with E-state index >= 15 is 0 Å². The van der Waals surface area contributed by atoms with Crippen LogP contribution in [0.1, 0.15) is 63.0 Å². The van der Waals surface area contributed by atoms with Crippen molar-refractivity contribution in [1.82, 2.24) is 9.88 Å². The van der Waals surface area contributed by atoms with E-state index < -0.39 is 0 Å². The SMILES string of the molecule is CC(C)n1cc(Cl)cc1C(=O)NC1(CN)CCCCC1C. The average Bonchev–Trinajstić information content (AvgIpc) is 2.84. The van der Waals surface area contributed by atoms with Gasteiger partial charge in [-0.1, -0.05) is 31.4 Å². The quantitative estimate of drug-likeness (QED) is 0.895. The fourth-order valence-corrected chi connectivity index (χ4v) is 3.51. The van der Waals surface area contributed by atoms with E-state index in [9.17, 15) is 4.79 Å². The number of aromatic nitrogens is 1. The molecule has 2 unspecified atom stereocenters. The van der Waals surface area contributed by atoms with Crippen molar-refractivity contribution in [3.8, 4) is 0 Å². The number of hydrogen-bond acceptors (Lipinski definition) is 2. The van der Waals surface area contributed by atoms with Gasteiger partial charge in [-0.15, -0.1) is 0 Å². The monoisotopic (exact) mass is 311 g/mol. The zero-order valence-electron chi connectivity index (χ0n) is 13.2. The number of carbonyl (C=O) groups is 1. The molecule has 1 fully saturated rings. The second-order valence-electron chi connectivity index (χ2n) is 6.51. The number of rotatable bonds is 4. The van der Waals surface area contributed by atoms with Gasteiger partial charge in [-0.2, -0.15) is 0 Å². The largest absolute Gasteiger partial charge is 0.344 e. The summed E-state index contributed by atoms with van der Waals surface area (Å²) in [7, 11) is 0. The smallest absolute Gasteiger partial charge is 0.268 e. The van der Waals surface area contributed by atoms with Gasteiger partial charge in [0, 0.05) is 18.8 Å². The molecule has 0 saturated heterocycles. The van der Waals surface area contributed by atoms with Crippen LogP contribution in [-0.4, -0.2) is 22.6 Å². The highest BCUT2D eigenvalue weighted by Crippen LogP contribution is 2.33. The van der Waals surface area contributed by atoms with Crippen LogP contribution in [-0.2, 0) is 0 Å². The van der Waals surface area contributed by atoms with E-state index in [1.54, 1.807) is 12.3 Å². The molecule has 0 bridgehead atoms. The first-order chi connectivity index (χ1) is 9.89. The molecule has 2 rings (SSSR count). The van der Waals surface area contributed by atoms with Gasteiger partial charge in [-0.25, -0.2) is 0 Å². The van der Waals surface area contributed by atoms with Crippen molar-refractivity contribution in [3.05, 3.63) is 23.0 Å². The fraction of sp³-hybridized carbons (Fsp3) is 0.688. The van der Waals surface area contributed by atoms with Gasteiger partial charge in [0.05, 0.1) is 10.6 Å². The Labute approximate surface area is 132 Å². The van der Waals surface area contributed by atoms with Crippen LogP contribution in [0.5, 0.6) is 0 Å². The van der Waals surface area contributed by atoms with Crippen LogP contribution in [0, 0.1) is 5.92 Å². The molecule has 1 aromatic rings. The molecule has 21 heavy (non-hydrogen) atoms. The minimum Gasteiger partial charge on any atom is -0.344 e. The lowest BCUT2D eigenvalue weighted by atomic mass is 9.73. The van der Waals surface area contributed by atoms with Gasteiger partial charge in [0.15, 0.2) is 0 Å². The Morgan fingerprint density at radius 1 is 1.57 bits per heavy atom. The van der Waals surface area contributed by atoms with Crippen LogP contribution in [0.25, 0.3) is 0 Å². The van der Waals surface area contributed by atoms with Crippen molar-refractivity contribution in [2.75, 3.05) is 6.54 Å². The molecule has 1 aromatic heterocycles. The van der Waals surface area contributed by atoms with Gasteiger partial charge in [0.2, 0.25) is 0 Å². The van der Waals surface area contributed by atoms with E-state index in [0.29, 0.717) is 23.2 Å². The van der Waals surface area contributed by atoms with Gasteiger partial charge in [-0.3, -0.25) is 4.79 Å². The van der Waals surface area contributed by atoms with E-state index in [-0.39, 0.29) is 17.5 Å². The summed E-state index contributed by atoms with van der Waals surface area (Å²) in [4.78, 5) is 12.7. The number of halogens is 1. The molecule has 1 amide bonds. The number of hydrogen-bond donors (Lipinski definition) is 2. The molecule has 1 aliphatic carbocycles. The molecule has 0 radical (unpaired) electrons. The average molecular weight is 312 g/mol.